The second-order valence-corrected chi connectivity index (χ2v) is 13.2. The molecule has 0 aromatic heterocycles. The Bertz CT molecular complexity index is 1450. The molecular formula is C36H51ClN2O10+2. The average Bonchev–Trinajstić information content (AvgIpc) is 3.11. The molecule has 12 nitrogen and oxygen atoms in total. The first-order chi connectivity index (χ1) is 23.6. The fraction of sp³-hybridized carbons (Fsp3) is 0.556. The van der Waals surface area contributed by atoms with E-state index in [2.05, 4.69) is 13.1 Å². The summed E-state index contributed by atoms with van der Waals surface area (Å²) < 4.78 is 45.5. The highest BCUT2D eigenvalue weighted by Gasteiger charge is 2.32. The van der Waals surface area contributed by atoms with Gasteiger partial charge in [0, 0.05) is 36.5 Å². The van der Waals surface area contributed by atoms with Crippen molar-refractivity contribution in [1.29, 1.82) is 0 Å². The van der Waals surface area contributed by atoms with Gasteiger partial charge >= 0.3 is 11.9 Å². The Morgan fingerprint density at radius 2 is 1.37 bits per heavy atom. The number of hydrogen-bond donors (Lipinski definition) is 0. The van der Waals surface area contributed by atoms with Crippen molar-refractivity contribution in [2.24, 2.45) is 0 Å². The normalized spacial score (nSPS) is 18.6. The number of fused-ring (bicyclic) bond motifs is 1. The van der Waals surface area contributed by atoms with Gasteiger partial charge in [0.1, 0.15) is 31.2 Å². The lowest BCUT2D eigenvalue weighted by molar-refractivity contribution is -0.947. The molecule has 0 bridgehead atoms. The monoisotopic (exact) mass is 706 g/mol. The quantitative estimate of drug-likeness (QED) is 0.103. The lowest BCUT2D eigenvalue weighted by atomic mass is 9.97. The molecule has 13 heteroatoms. The molecule has 1 fully saturated rings. The molecule has 270 valence electrons. The molecule has 1 saturated heterocycles. The summed E-state index contributed by atoms with van der Waals surface area (Å²) >= 11 is 6.12. The number of esters is 2. The predicted octanol–water partition coefficient (Wildman–Crippen LogP) is 4.27. The molecule has 2 aliphatic heterocycles. The first-order valence-electron chi connectivity index (χ1n) is 16.6. The molecule has 2 aliphatic rings. The number of rotatable bonds is 17. The number of carbonyl (C=O) groups is 2. The minimum atomic E-state index is -0.745. The van der Waals surface area contributed by atoms with Crippen LogP contribution in [0.4, 0.5) is 0 Å². The van der Waals surface area contributed by atoms with E-state index in [1.54, 1.807) is 35.5 Å². The van der Waals surface area contributed by atoms with Crippen LogP contribution in [-0.4, -0.2) is 123 Å². The van der Waals surface area contributed by atoms with Crippen LogP contribution in [0.3, 0.4) is 0 Å². The smallest absolute Gasteiger partial charge is 0.350 e. The van der Waals surface area contributed by atoms with Crippen molar-refractivity contribution in [3.05, 3.63) is 52.1 Å². The highest BCUT2D eigenvalue weighted by atomic mass is 35.5. The van der Waals surface area contributed by atoms with Gasteiger partial charge in [-0.2, -0.15) is 0 Å². The number of methoxy groups -OCH3 is 5. The third-order valence-electron chi connectivity index (χ3n) is 9.38. The van der Waals surface area contributed by atoms with Crippen LogP contribution < -0.4 is 23.7 Å². The zero-order valence-electron chi connectivity index (χ0n) is 29.6. The number of halogens is 1. The van der Waals surface area contributed by atoms with Crippen LogP contribution in [0.5, 0.6) is 28.7 Å². The van der Waals surface area contributed by atoms with Crippen molar-refractivity contribution in [2.45, 2.75) is 32.4 Å². The maximum absolute atomic E-state index is 12.5. The number of nitrogens with zero attached hydrogens (tertiary/aromatic N) is 2. The maximum Gasteiger partial charge on any atom is 0.350 e. The van der Waals surface area contributed by atoms with Crippen LogP contribution in [0.15, 0.2) is 35.4 Å². The van der Waals surface area contributed by atoms with Crippen molar-refractivity contribution < 1.29 is 56.5 Å². The molecule has 0 saturated carbocycles. The van der Waals surface area contributed by atoms with E-state index in [1.165, 1.54) is 11.1 Å². The van der Waals surface area contributed by atoms with Gasteiger partial charge in [-0.3, -0.25) is 0 Å². The minimum absolute atomic E-state index is 0.183. The number of quaternary nitrogens is 2. The summed E-state index contributed by atoms with van der Waals surface area (Å²) in [6, 6.07) is 8.04. The molecule has 0 aliphatic carbocycles. The molecule has 1 atom stereocenters. The summed E-state index contributed by atoms with van der Waals surface area (Å²) in [6.07, 6.45) is 3.18. The van der Waals surface area contributed by atoms with Gasteiger partial charge < -0.3 is 46.9 Å². The first kappa shape index (κ1) is 38.1. The molecular weight excluding hydrogens is 656 g/mol. The second-order valence-electron chi connectivity index (χ2n) is 12.8. The Kier molecular flexibility index (Phi) is 13.8. The summed E-state index contributed by atoms with van der Waals surface area (Å²) in [6.45, 7) is 7.40. The average molecular weight is 707 g/mol. The summed E-state index contributed by atoms with van der Waals surface area (Å²) in [5, 5.41) is -0.308. The van der Waals surface area contributed by atoms with Crippen molar-refractivity contribution in [3.8, 4) is 28.7 Å². The highest BCUT2D eigenvalue weighted by Crippen LogP contribution is 2.39. The van der Waals surface area contributed by atoms with Crippen LogP contribution in [0.25, 0.3) is 0 Å². The Balaban J connectivity index is 1.21. The van der Waals surface area contributed by atoms with Gasteiger partial charge in [-0.1, -0.05) is 11.6 Å². The highest BCUT2D eigenvalue weighted by molar-refractivity contribution is 6.42. The summed E-state index contributed by atoms with van der Waals surface area (Å²) in [5.41, 5.74) is 3.54. The van der Waals surface area contributed by atoms with Gasteiger partial charge in [0.05, 0.1) is 88.7 Å². The van der Waals surface area contributed by atoms with Crippen molar-refractivity contribution >= 4 is 23.5 Å². The van der Waals surface area contributed by atoms with E-state index < -0.39 is 11.9 Å². The first-order valence-corrected chi connectivity index (χ1v) is 17.0. The zero-order chi connectivity index (χ0) is 35.4. The summed E-state index contributed by atoms with van der Waals surface area (Å²) in [5.74, 6) is 1.79. The summed E-state index contributed by atoms with van der Waals surface area (Å²) in [4.78, 5) is 25.0. The van der Waals surface area contributed by atoms with Crippen LogP contribution >= 0.6 is 11.6 Å². The van der Waals surface area contributed by atoms with Crippen LogP contribution in [0, 0.1) is 0 Å². The van der Waals surface area contributed by atoms with E-state index >= 15 is 0 Å². The molecule has 49 heavy (non-hydrogen) atoms. The Morgan fingerprint density at radius 1 is 0.776 bits per heavy atom. The van der Waals surface area contributed by atoms with Gasteiger partial charge in [0.2, 0.25) is 5.75 Å². The zero-order valence-corrected chi connectivity index (χ0v) is 30.4. The van der Waals surface area contributed by atoms with E-state index in [-0.39, 0.29) is 18.2 Å². The van der Waals surface area contributed by atoms with Gasteiger partial charge in [-0.25, -0.2) is 9.59 Å². The maximum atomic E-state index is 12.5. The summed E-state index contributed by atoms with van der Waals surface area (Å²) in [7, 11) is 10.3. The molecule has 4 rings (SSSR count). The topological polar surface area (TPSA) is 108 Å². The Hall–Kier alpha value is -3.71. The van der Waals surface area contributed by atoms with Gasteiger partial charge in [-0.05, 0) is 29.8 Å². The van der Waals surface area contributed by atoms with Gasteiger partial charge in [0.15, 0.2) is 23.0 Å². The molecule has 2 aromatic rings. The van der Waals surface area contributed by atoms with Crippen molar-refractivity contribution in [3.63, 3.8) is 0 Å². The molecule has 0 radical (unpaired) electrons. The van der Waals surface area contributed by atoms with E-state index in [0.717, 1.165) is 84.3 Å². The van der Waals surface area contributed by atoms with Crippen LogP contribution in [0.2, 0.25) is 0 Å². The standard InChI is InChI=1S/C36H51ClN2O10/c1-38(12-9-27-21-30(42-2)31(43-3)22-28(27)25-38)10-7-16-49-36(41)29(37)23-34(40)48-15-8-11-39(13-17-47-18-14-39)24-26-19-32(44-4)35(46-6)33(20-26)45-5/h19-23H,7-18,24-25H2,1-6H3/q+2/b29-23-. The van der Waals surface area contributed by atoms with E-state index in [4.69, 9.17) is 49.5 Å². The molecule has 1 unspecified atom stereocenters. The third kappa shape index (κ3) is 10.2. The Morgan fingerprint density at radius 3 is 1.98 bits per heavy atom. The molecule has 0 N–H and O–H groups in total. The lowest BCUT2D eigenvalue weighted by Crippen LogP contribution is -2.55. The number of likely N-dealkylation sites (N-methyl/N-ethyl adjacent to an activating group) is 1. The second kappa shape index (κ2) is 17.8. The molecule has 0 spiro atoms. The largest absolute Gasteiger partial charge is 0.493 e. The fourth-order valence-corrected chi connectivity index (χ4v) is 6.82. The van der Waals surface area contributed by atoms with Crippen LogP contribution in [-0.2, 0) is 43.3 Å². The van der Waals surface area contributed by atoms with E-state index in [0.29, 0.717) is 43.3 Å². The number of ether oxygens (including phenoxy) is 8. The van der Waals surface area contributed by atoms with Gasteiger partial charge in [-0.15, -0.1) is 0 Å². The van der Waals surface area contributed by atoms with Crippen molar-refractivity contribution in [2.75, 3.05) is 102 Å². The lowest BCUT2D eigenvalue weighted by Gasteiger charge is -2.41. The number of carbonyl (C=O) groups excluding carboxylic acids is 2. The number of morpholine rings is 1. The third-order valence-corrected chi connectivity index (χ3v) is 9.64. The number of benzene rings is 2. The number of hydrogen-bond acceptors (Lipinski definition) is 10. The Labute approximate surface area is 294 Å². The molecule has 0 amide bonds. The minimum Gasteiger partial charge on any atom is -0.493 e. The predicted molar refractivity (Wildman–Crippen MR) is 183 cm³/mol. The molecule has 2 aromatic carbocycles. The van der Waals surface area contributed by atoms with Crippen LogP contribution in [0.1, 0.15) is 29.5 Å². The SMILES string of the molecule is COc1cc2c(cc1OC)C[N+](C)(CCCOC(=O)/C(Cl)=C/C(=O)OCCC[N+]1(Cc3cc(OC)c(OC)c(OC)c3)CCOCC1)CC2. The molecule has 2 heterocycles. The van der Waals surface area contributed by atoms with Crippen molar-refractivity contribution in [1.82, 2.24) is 0 Å². The van der Waals surface area contributed by atoms with E-state index in [1.807, 2.05) is 18.2 Å². The van der Waals surface area contributed by atoms with Gasteiger partial charge in [0.25, 0.3) is 0 Å². The fourth-order valence-electron chi connectivity index (χ4n) is 6.68. The van der Waals surface area contributed by atoms with E-state index in [9.17, 15) is 9.59 Å².